The maximum Gasteiger partial charge on any atom is 0.233 e. The molecular formula is C13H24N2O. The fourth-order valence-corrected chi connectivity index (χ4v) is 2.31. The molecule has 3 heteroatoms. The lowest BCUT2D eigenvalue weighted by atomic mass is 10.1. The number of nitrogens with one attached hydrogen (secondary N) is 2. The number of hydrogen-bond acceptors (Lipinski definition) is 2. The van der Waals surface area contributed by atoms with Gasteiger partial charge in [0.25, 0.3) is 0 Å². The van der Waals surface area contributed by atoms with E-state index in [1.807, 2.05) is 0 Å². The van der Waals surface area contributed by atoms with Gasteiger partial charge in [0.2, 0.25) is 5.91 Å². The topological polar surface area (TPSA) is 41.1 Å². The third kappa shape index (κ3) is 3.78. The Morgan fingerprint density at radius 2 is 1.88 bits per heavy atom. The molecule has 2 rings (SSSR count). The molecule has 0 aromatic heterocycles. The molecule has 1 amide bonds. The minimum absolute atomic E-state index is 0.166. The van der Waals surface area contributed by atoms with Crippen molar-refractivity contribution in [2.45, 2.75) is 51.5 Å². The van der Waals surface area contributed by atoms with Crippen LogP contribution in [0, 0.1) is 11.8 Å². The summed E-state index contributed by atoms with van der Waals surface area (Å²) in [7, 11) is 0. The van der Waals surface area contributed by atoms with Crippen LogP contribution in [0.3, 0.4) is 0 Å². The van der Waals surface area contributed by atoms with Crippen LogP contribution in [0.1, 0.15) is 45.4 Å². The Hall–Kier alpha value is -0.570. The molecule has 0 atom stereocenters. The van der Waals surface area contributed by atoms with E-state index in [0.29, 0.717) is 12.6 Å². The second-order valence-corrected chi connectivity index (χ2v) is 5.29. The SMILES string of the molecule is CCCCNC(=O)CNC(C1CC1)C1CC1. The van der Waals surface area contributed by atoms with Gasteiger partial charge in [0.1, 0.15) is 0 Å². The van der Waals surface area contributed by atoms with Crippen LogP contribution in [0.2, 0.25) is 0 Å². The lowest BCUT2D eigenvalue weighted by molar-refractivity contribution is -0.120. The highest BCUT2D eigenvalue weighted by atomic mass is 16.1. The highest BCUT2D eigenvalue weighted by Gasteiger charge is 2.41. The molecule has 0 aromatic rings. The van der Waals surface area contributed by atoms with Crippen LogP contribution in [0.25, 0.3) is 0 Å². The maximum absolute atomic E-state index is 11.5. The molecule has 2 fully saturated rings. The van der Waals surface area contributed by atoms with E-state index in [4.69, 9.17) is 0 Å². The molecule has 0 aromatic carbocycles. The largest absolute Gasteiger partial charge is 0.355 e. The minimum atomic E-state index is 0.166. The van der Waals surface area contributed by atoms with Crippen molar-refractivity contribution < 1.29 is 4.79 Å². The van der Waals surface area contributed by atoms with E-state index in [0.717, 1.165) is 31.2 Å². The van der Waals surface area contributed by atoms with Gasteiger partial charge in [0.15, 0.2) is 0 Å². The molecule has 0 unspecified atom stereocenters. The van der Waals surface area contributed by atoms with E-state index in [1.54, 1.807) is 0 Å². The molecule has 2 aliphatic carbocycles. The molecule has 2 saturated carbocycles. The summed E-state index contributed by atoms with van der Waals surface area (Å²) >= 11 is 0. The molecule has 0 heterocycles. The average Bonchev–Trinajstić information content (AvgIpc) is 3.13. The monoisotopic (exact) mass is 224 g/mol. The molecule has 0 aliphatic heterocycles. The fraction of sp³-hybridized carbons (Fsp3) is 0.923. The van der Waals surface area contributed by atoms with Crippen LogP contribution < -0.4 is 10.6 Å². The molecule has 16 heavy (non-hydrogen) atoms. The Bertz CT molecular complexity index is 222. The van der Waals surface area contributed by atoms with E-state index < -0.39 is 0 Å². The van der Waals surface area contributed by atoms with Gasteiger partial charge in [-0.25, -0.2) is 0 Å². The quantitative estimate of drug-likeness (QED) is 0.616. The summed E-state index contributed by atoms with van der Waals surface area (Å²) in [5, 5.41) is 6.41. The second kappa shape index (κ2) is 5.67. The highest BCUT2D eigenvalue weighted by molar-refractivity contribution is 5.77. The molecule has 3 nitrogen and oxygen atoms in total. The summed E-state index contributed by atoms with van der Waals surface area (Å²) in [5.74, 6) is 1.91. The van der Waals surface area contributed by atoms with Gasteiger partial charge in [-0.05, 0) is 43.9 Å². The van der Waals surface area contributed by atoms with Crippen molar-refractivity contribution in [1.82, 2.24) is 10.6 Å². The first-order valence-corrected chi connectivity index (χ1v) is 6.81. The van der Waals surface area contributed by atoms with Gasteiger partial charge in [-0.2, -0.15) is 0 Å². The van der Waals surface area contributed by atoms with E-state index in [2.05, 4.69) is 17.6 Å². The summed E-state index contributed by atoms with van der Waals surface area (Å²) in [4.78, 5) is 11.5. The van der Waals surface area contributed by atoms with Gasteiger partial charge in [-0.1, -0.05) is 13.3 Å². The molecule has 0 bridgehead atoms. The molecule has 2 aliphatic rings. The van der Waals surface area contributed by atoms with Gasteiger partial charge in [-0.15, -0.1) is 0 Å². The first-order valence-electron chi connectivity index (χ1n) is 6.81. The Balaban J connectivity index is 1.59. The number of rotatable bonds is 8. The van der Waals surface area contributed by atoms with Crippen molar-refractivity contribution in [2.24, 2.45) is 11.8 Å². The van der Waals surface area contributed by atoms with Gasteiger partial charge >= 0.3 is 0 Å². The Labute approximate surface area is 98.4 Å². The standard InChI is InChI=1S/C13H24N2O/c1-2-3-8-14-12(16)9-15-13(10-4-5-10)11-6-7-11/h10-11,13,15H,2-9H2,1H3,(H,14,16). The van der Waals surface area contributed by atoms with Crippen LogP contribution in [0.4, 0.5) is 0 Å². The smallest absolute Gasteiger partial charge is 0.233 e. The van der Waals surface area contributed by atoms with Crippen LogP contribution in [-0.2, 0) is 4.79 Å². The Morgan fingerprint density at radius 3 is 2.38 bits per heavy atom. The van der Waals surface area contributed by atoms with Gasteiger partial charge in [0.05, 0.1) is 6.54 Å². The zero-order valence-electron chi connectivity index (χ0n) is 10.3. The number of unbranched alkanes of at least 4 members (excludes halogenated alkanes) is 1. The second-order valence-electron chi connectivity index (χ2n) is 5.29. The van der Waals surface area contributed by atoms with Gasteiger partial charge < -0.3 is 10.6 Å². The lowest BCUT2D eigenvalue weighted by Crippen LogP contribution is -2.41. The summed E-state index contributed by atoms with van der Waals surface area (Å²) in [6.45, 7) is 3.48. The molecule has 0 spiro atoms. The maximum atomic E-state index is 11.5. The molecule has 92 valence electrons. The van der Waals surface area contributed by atoms with Crippen LogP contribution in [-0.4, -0.2) is 25.0 Å². The number of carbonyl (C=O) groups is 1. The molecule has 0 saturated heterocycles. The average molecular weight is 224 g/mol. The third-order valence-corrected chi connectivity index (χ3v) is 3.61. The zero-order valence-corrected chi connectivity index (χ0v) is 10.3. The summed E-state index contributed by atoms with van der Waals surface area (Å²) in [6, 6.07) is 0.636. The molecular weight excluding hydrogens is 200 g/mol. The zero-order chi connectivity index (χ0) is 11.4. The normalized spacial score (nSPS) is 20.1. The van der Waals surface area contributed by atoms with Crippen molar-refractivity contribution in [3.8, 4) is 0 Å². The van der Waals surface area contributed by atoms with E-state index in [-0.39, 0.29) is 5.91 Å². The Kier molecular flexibility index (Phi) is 4.22. The van der Waals surface area contributed by atoms with Crippen molar-refractivity contribution in [3.63, 3.8) is 0 Å². The summed E-state index contributed by atoms with van der Waals surface area (Å²) < 4.78 is 0. The molecule has 0 radical (unpaired) electrons. The first kappa shape index (κ1) is 11.9. The summed E-state index contributed by atoms with van der Waals surface area (Å²) in [6.07, 6.45) is 7.69. The number of amides is 1. The highest BCUT2D eigenvalue weighted by Crippen LogP contribution is 2.44. The third-order valence-electron chi connectivity index (χ3n) is 3.61. The van der Waals surface area contributed by atoms with E-state index in [1.165, 1.54) is 25.7 Å². The van der Waals surface area contributed by atoms with Crippen LogP contribution in [0.15, 0.2) is 0 Å². The minimum Gasteiger partial charge on any atom is -0.355 e. The van der Waals surface area contributed by atoms with Crippen LogP contribution in [0.5, 0.6) is 0 Å². The van der Waals surface area contributed by atoms with E-state index in [9.17, 15) is 4.79 Å². The Morgan fingerprint density at radius 1 is 1.25 bits per heavy atom. The van der Waals surface area contributed by atoms with Crippen molar-refractivity contribution in [2.75, 3.05) is 13.1 Å². The van der Waals surface area contributed by atoms with E-state index >= 15 is 0 Å². The number of carbonyl (C=O) groups excluding carboxylic acids is 1. The fourth-order valence-electron chi connectivity index (χ4n) is 2.31. The molecule has 2 N–H and O–H groups in total. The predicted molar refractivity (Wildman–Crippen MR) is 65.2 cm³/mol. The predicted octanol–water partition coefficient (Wildman–Crippen LogP) is 1.68. The lowest BCUT2D eigenvalue weighted by Gasteiger charge is -2.17. The van der Waals surface area contributed by atoms with Crippen molar-refractivity contribution in [1.29, 1.82) is 0 Å². The van der Waals surface area contributed by atoms with Crippen LogP contribution >= 0.6 is 0 Å². The number of hydrogen-bond donors (Lipinski definition) is 2. The van der Waals surface area contributed by atoms with Gasteiger partial charge in [0, 0.05) is 12.6 Å². The van der Waals surface area contributed by atoms with Gasteiger partial charge in [-0.3, -0.25) is 4.79 Å². The van der Waals surface area contributed by atoms with Crippen molar-refractivity contribution >= 4 is 5.91 Å². The first-order chi connectivity index (χ1) is 7.81. The summed E-state index contributed by atoms with van der Waals surface area (Å²) in [5.41, 5.74) is 0. The van der Waals surface area contributed by atoms with Crippen molar-refractivity contribution in [3.05, 3.63) is 0 Å².